The zero-order valence-corrected chi connectivity index (χ0v) is 18.6. The summed E-state index contributed by atoms with van der Waals surface area (Å²) in [4.78, 5) is 43.9. The first-order chi connectivity index (χ1) is 15.4. The van der Waals surface area contributed by atoms with Crippen LogP contribution in [-0.4, -0.2) is 70.7 Å². The number of amides is 3. The van der Waals surface area contributed by atoms with Crippen molar-refractivity contribution in [2.45, 2.75) is 57.0 Å². The van der Waals surface area contributed by atoms with Crippen LogP contribution >= 0.6 is 0 Å². The van der Waals surface area contributed by atoms with Crippen molar-refractivity contribution in [2.75, 3.05) is 32.7 Å². The number of benzene rings is 1. The maximum absolute atomic E-state index is 13.5. The van der Waals surface area contributed by atoms with Gasteiger partial charge in [-0.3, -0.25) is 19.3 Å². The maximum Gasteiger partial charge on any atom is 0.238 e. The molecule has 0 unspecified atom stereocenters. The molecule has 1 aromatic rings. The van der Waals surface area contributed by atoms with Gasteiger partial charge in [0.15, 0.2) is 0 Å². The molecule has 3 aliphatic heterocycles. The molecule has 3 saturated heterocycles. The summed E-state index contributed by atoms with van der Waals surface area (Å²) >= 11 is 0. The molecule has 3 fully saturated rings. The van der Waals surface area contributed by atoms with Crippen LogP contribution in [0.2, 0.25) is 0 Å². The molecule has 3 aliphatic rings. The van der Waals surface area contributed by atoms with Crippen molar-refractivity contribution in [3.8, 4) is 0 Å². The fourth-order valence-electron chi connectivity index (χ4n) is 5.52. The van der Waals surface area contributed by atoms with Crippen LogP contribution in [0.5, 0.6) is 0 Å². The van der Waals surface area contributed by atoms with E-state index in [0.29, 0.717) is 51.9 Å². The molecule has 1 atom stereocenters. The van der Waals surface area contributed by atoms with Gasteiger partial charge in [0.25, 0.3) is 0 Å². The van der Waals surface area contributed by atoms with Crippen LogP contribution < -0.4 is 5.73 Å². The van der Waals surface area contributed by atoms with E-state index in [2.05, 4.69) is 4.90 Å². The van der Waals surface area contributed by atoms with Crippen LogP contribution in [0.4, 0.5) is 4.39 Å². The van der Waals surface area contributed by atoms with E-state index < -0.39 is 5.54 Å². The van der Waals surface area contributed by atoms with Gasteiger partial charge >= 0.3 is 0 Å². The molecule has 0 aromatic heterocycles. The van der Waals surface area contributed by atoms with Gasteiger partial charge in [-0.25, -0.2) is 4.39 Å². The Kier molecular flexibility index (Phi) is 6.79. The summed E-state index contributed by atoms with van der Waals surface area (Å²) in [6, 6.07) is 6.22. The lowest BCUT2D eigenvalue weighted by Gasteiger charge is -2.48. The summed E-state index contributed by atoms with van der Waals surface area (Å²) in [5, 5.41) is 0. The number of hydrogen-bond acceptors (Lipinski definition) is 4. The van der Waals surface area contributed by atoms with E-state index in [0.717, 1.165) is 31.5 Å². The molecule has 0 spiro atoms. The van der Waals surface area contributed by atoms with Crippen molar-refractivity contribution in [2.24, 2.45) is 11.7 Å². The number of likely N-dealkylation sites (tertiary alicyclic amines) is 3. The maximum atomic E-state index is 13.5. The summed E-state index contributed by atoms with van der Waals surface area (Å²) in [7, 11) is 0. The standard InChI is InChI=1S/C24H33FN4O3/c25-20-6-4-5-18(15-20)16-28-17-19(7-8-21(28)30)22(31)27-13-9-24(10-14-27,23(26)32)29-11-2-1-3-12-29/h4-6,15,19H,1-3,7-14,16-17H2,(H2,26,32)/t19-/m0/s1. The summed E-state index contributed by atoms with van der Waals surface area (Å²) in [5.74, 6) is -0.846. The lowest BCUT2D eigenvalue weighted by molar-refractivity contribution is -0.148. The highest BCUT2D eigenvalue weighted by atomic mass is 19.1. The first kappa shape index (κ1) is 22.7. The van der Waals surface area contributed by atoms with Gasteiger partial charge in [0.1, 0.15) is 11.4 Å². The number of halogens is 1. The molecule has 174 valence electrons. The second-order valence-electron chi connectivity index (χ2n) is 9.41. The van der Waals surface area contributed by atoms with Crippen molar-refractivity contribution in [3.05, 3.63) is 35.6 Å². The highest BCUT2D eigenvalue weighted by molar-refractivity contribution is 5.86. The Bertz CT molecular complexity index is 863. The van der Waals surface area contributed by atoms with Crippen LogP contribution in [0, 0.1) is 11.7 Å². The predicted octanol–water partition coefficient (Wildman–Crippen LogP) is 1.90. The monoisotopic (exact) mass is 444 g/mol. The van der Waals surface area contributed by atoms with Crippen molar-refractivity contribution in [1.82, 2.24) is 14.7 Å². The average molecular weight is 445 g/mol. The summed E-state index contributed by atoms with van der Waals surface area (Å²) in [6.45, 7) is 3.43. The minimum atomic E-state index is -0.650. The SMILES string of the molecule is NC(=O)C1(N2CCCCC2)CCN(C(=O)[C@H]2CCC(=O)N(Cc3cccc(F)c3)C2)CC1. The van der Waals surface area contributed by atoms with E-state index in [1.807, 2.05) is 4.90 Å². The molecular weight excluding hydrogens is 411 g/mol. The molecule has 8 heteroatoms. The third-order valence-corrected chi connectivity index (χ3v) is 7.43. The Balaban J connectivity index is 1.38. The largest absolute Gasteiger partial charge is 0.368 e. The number of piperidine rings is 3. The Morgan fingerprint density at radius 1 is 1.09 bits per heavy atom. The summed E-state index contributed by atoms with van der Waals surface area (Å²) in [5.41, 5.74) is 5.93. The Hall–Kier alpha value is -2.48. The van der Waals surface area contributed by atoms with Crippen LogP contribution in [0.3, 0.4) is 0 Å². The summed E-state index contributed by atoms with van der Waals surface area (Å²) in [6.07, 6.45) is 5.31. The zero-order chi connectivity index (χ0) is 22.7. The van der Waals surface area contributed by atoms with E-state index >= 15 is 0 Å². The Morgan fingerprint density at radius 2 is 1.81 bits per heavy atom. The highest BCUT2D eigenvalue weighted by Crippen LogP contribution is 2.33. The lowest BCUT2D eigenvalue weighted by Crippen LogP contribution is -2.64. The number of primary amides is 1. The summed E-state index contributed by atoms with van der Waals surface area (Å²) < 4.78 is 13.5. The first-order valence-corrected chi connectivity index (χ1v) is 11.7. The first-order valence-electron chi connectivity index (χ1n) is 11.7. The molecule has 7 nitrogen and oxygen atoms in total. The Labute approximate surface area is 188 Å². The third kappa shape index (κ3) is 4.65. The number of rotatable bonds is 5. The smallest absolute Gasteiger partial charge is 0.238 e. The molecule has 0 radical (unpaired) electrons. The fraction of sp³-hybridized carbons (Fsp3) is 0.625. The van der Waals surface area contributed by atoms with Gasteiger partial charge in [-0.1, -0.05) is 18.6 Å². The molecule has 4 rings (SSSR count). The van der Waals surface area contributed by atoms with Gasteiger partial charge in [-0.05, 0) is 62.9 Å². The predicted molar refractivity (Wildman–Crippen MR) is 118 cm³/mol. The molecule has 0 bridgehead atoms. The number of hydrogen-bond donors (Lipinski definition) is 1. The normalized spacial score (nSPS) is 24.4. The molecule has 0 aliphatic carbocycles. The van der Waals surface area contributed by atoms with Crippen molar-refractivity contribution in [1.29, 1.82) is 0 Å². The molecule has 1 aromatic carbocycles. The number of nitrogens with two attached hydrogens (primary N) is 1. The van der Waals surface area contributed by atoms with Crippen molar-refractivity contribution >= 4 is 17.7 Å². The van der Waals surface area contributed by atoms with E-state index in [-0.39, 0.29) is 29.5 Å². The second-order valence-corrected chi connectivity index (χ2v) is 9.41. The van der Waals surface area contributed by atoms with E-state index in [1.54, 1.807) is 17.0 Å². The van der Waals surface area contributed by atoms with Gasteiger partial charge in [0, 0.05) is 32.6 Å². The average Bonchev–Trinajstić information content (AvgIpc) is 2.80. The third-order valence-electron chi connectivity index (χ3n) is 7.43. The van der Waals surface area contributed by atoms with Crippen molar-refractivity contribution < 1.29 is 18.8 Å². The van der Waals surface area contributed by atoms with Gasteiger partial charge < -0.3 is 15.5 Å². The molecule has 2 N–H and O–H groups in total. The van der Waals surface area contributed by atoms with E-state index in [4.69, 9.17) is 5.73 Å². The van der Waals surface area contributed by atoms with Gasteiger partial charge in [-0.15, -0.1) is 0 Å². The zero-order valence-electron chi connectivity index (χ0n) is 18.6. The molecule has 3 amide bonds. The van der Waals surface area contributed by atoms with Crippen LogP contribution in [0.15, 0.2) is 24.3 Å². The van der Waals surface area contributed by atoms with Gasteiger partial charge in [-0.2, -0.15) is 0 Å². The van der Waals surface area contributed by atoms with Gasteiger partial charge in [0.2, 0.25) is 17.7 Å². The van der Waals surface area contributed by atoms with Crippen LogP contribution in [-0.2, 0) is 20.9 Å². The number of carbonyl (C=O) groups is 3. The minimum absolute atomic E-state index is 0.00482. The highest BCUT2D eigenvalue weighted by Gasteiger charge is 2.46. The van der Waals surface area contributed by atoms with Crippen LogP contribution in [0.25, 0.3) is 0 Å². The van der Waals surface area contributed by atoms with Crippen molar-refractivity contribution in [3.63, 3.8) is 0 Å². The second kappa shape index (κ2) is 9.57. The number of nitrogens with zero attached hydrogens (tertiary/aromatic N) is 3. The van der Waals surface area contributed by atoms with Gasteiger partial charge in [0.05, 0.1) is 5.92 Å². The molecular formula is C24H33FN4O3. The van der Waals surface area contributed by atoms with E-state index in [9.17, 15) is 18.8 Å². The quantitative estimate of drug-likeness (QED) is 0.752. The molecule has 3 heterocycles. The van der Waals surface area contributed by atoms with E-state index in [1.165, 1.54) is 18.6 Å². The van der Waals surface area contributed by atoms with Crippen LogP contribution in [0.1, 0.15) is 50.5 Å². The molecule has 0 saturated carbocycles. The number of carbonyl (C=O) groups excluding carboxylic acids is 3. The minimum Gasteiger partial charge on any atom is -0.368 e. The molecule has 32 heavy (non-hydrogen) atoms. The lowest BCUT2D eigenvalue weighted by atomic mass is 9.82. The fourth-order valence-corrected chi connectivity index (χ4v) is 5.52. The Morgan fingerprint density at radius 3 is 2.47 bits per heavy atom. The topological polar surface area (TPSA) is 87.0 Å².